The molecule has 0 atom stereocenters. The fourth-order valence-electron chi connectivity index (χ4n) is 3.20. The molecule has 0 radical (unpaired) electrons. The highest BCUT2D eigenvalue weighted by atomic mass is 32.2. The van der Waals surface area contributed by atoms with Gasteiger partial charge in [0.25, 0.3) is 0 Å². The lowest BCUT2D eigenvalue weighted by molar-refractivity contribution is -0.274. The minimum Gasteiger partial charge on any atom is -0.406 e. The Morgan fingerprint density at radius 2 is 1.75 bits per heavy atom. The molecule has 2 heterocycles. The Morgan fingerprint density at radius 3 is 2.34 bits per heavy atom. The van der Waals surface area contributed by atoms with Crippen LogP contribution in [0.5, 0.6) is 5.75 Å². The minimum absolute atomic E-state index is 0.137. The van der Waals surface area contributed by atoms with Crippen LogP contribution in [0, 0.1) is 0 Å². The molecule has 2 N–H and O–H groups in total. The number of nitrogens with zero attached hydrogens (tertiary/aromatic N) is 2. The molecule has 32 heavy (non-hydrogen) atoms. The Morgan fingerprint density at radius 1 is 1.06 bits per heavy atom. The van der Waals surface area contributed by atoms with Gasteiger partial charge in [0.15, 0.2) is 0 Å². The molecule has 174 valence electrons. The summed E-state index contributed by atoms with van der Waals surface area (Å²) in [6.45, 7) is 1.72. The highest BCUT2D eigenvalue weighted by Gasteiger charge is 2.31. The van der Waals surface area contributed by atoms with Crippen LogP contribution in [0.25, 0.3) is 0 Å². The van der Waals surface area contributed by atoms with Gasteiger partial charge >= 0.3 is 6.36 Å². The molecule has 1 fully saturated rings. The zero-order chi connectivity index (χ0) is 23.2. The van der Waals surface area contributed by atoms with Gasteiger partial charge in [-0.1, -0.05) is 0 Å². The van der Waals surface area contributed by atoms with Crippen LogP contribution in [0.4, 0.5) is 24.7 Å². The summed E-state index contributed by atoms with van der Waals surface area (Å²) in [5.74, 6) is -0.0907. The predicted molar refractivity (Wildman–Crippen MR) is 112 cm³/mol. The molecule has 2 aromatic rings. The number of carbonyl (C=O) groups is 1. The van der Waals surface area contributed by atoms with Crippen LogP contribution in [-0.2, 0) is 14.8 Å². The summed E-state index contributed by atoms with van der Waals surface area (Å²) in [5, 5.41) is 2.65. The third kappa shape index (κ3) is 7.09. The van der Waals surface area contributed by atoms with Crippen molar-refractivity contribution in [2.75, 3.05) is 29.9 Å². The number of nitrogens with one attached hydrogen (secondary N) is 2. The smallest absolute Gasteiger partial charge is 0.406 e. The number of anilines is 2. The van der Waals surface area contributed by atoms with Gasteiger partial charge in [-0.25, -0.2) is 18.1 Å². The van der Waals surface area contributed by atoms with Crippen molar-refractivity contribution in [3.63, 3.8) is 0 Å². The van der Waals surface area contributed by atoms with E-state index in [4.69, 9.17) is 0 Å². The van der Waals surface area contributed by atoms with Crippen LogP contribution in [-0.4, -0.2) is 45.3 Å². The van der Waals surface area contributed by atoms with E-state index in [2.05, 4.69) is 24.7 Å². The molecule has 0 spiro atoms. The number of ether oxygens (including phenoxy) is 1. The van der Waals surface area contributed by atoms with Gasteiger partial charge in [-0.3, -0.25) is 4.79 Å². The van der Waals surface area contributed by atoms with Gasteiger partial charge in [0, 0.05) is 26.1 Å². The number of hydrogen-bond donors (Lipinski definition) is 2. The topological polar surface area (TPSA) is 101 Å². The maximum absolute atomic E-state index is 12.2. The van der Waals surface area contributed by atoms with Crippen molar-refractivity contribution in [3.05, 3.63) is 42.6 Å². The maximum atomic E-state index is 12.2. The standard InChI is InChI=1S/C20H23F3N4O4S/c21-20(22,23)31-16-5-7-17(8-6-16)32(29,30)25-11-10-19(28)26-15-4-9-18(24-14-15)27-12-2-1-3-13-27/h4-9,14,25H,1-3,10-13H2,(H,26,28). The number of amides is 1. The highest BCUT2D eigenvalue weighted by molar-refractivity contribution is 7.89. The fourth-order valence-corrected chi connectivity index (χ4v) is 4.23. The normalized spacial score (nSPS) is 14.8. The molecule has 1 aromatic heterocycles. The zero-order valence-electron chi connectivity index (χ0n) is 17.1. The molecule has 1 aliphatic rings. The molecule has 1 amide bonds. The van der Waals surface area contributed by atoms with Crippen LogP contribution in [0.2, 0.25) is 0 Å². The zero-order valence-corrected chi connectivity index (χ0v) is 17.9. The molecule has 0 unspecified atom stereocenters. The molecule has 1 aromatic carbocycles. The van der Waals surface area contributed by atoms with Crippen molar-refractivity contribution >= 4 is 27.4 Å². The first-order chi connectivity index (χ1) is 15.1. The third-order valence-corrected chi connectivity index (χ3v) is 6.20. The van der Waals surface area contributed by atoms with Crippen LogP contribution in [0.15, 0.2) is 47.5 Å². The summed E-state index contributed by atoms with van der Waals surface area (Å²) < 4.78 is 67.0. The van der Waals surface area contributed by atoms with E-state index in [0.29, 0.717) is 5.69 Å². The number of hydrogen-bond acceptors (Lipinski definition) is 6. The van der Waals surface area contributed by atoms with E-state index in [9.17, 15) is 26.4 Å². The molecule has 0 bridgehead atoms. The Balaban J connectivity index is 1.46. The van der Waals surface area contributed by atoms with Crippen molar-refractivity contribution in [1.82, 2.24) is 9.71 Å². The van der Waals surface area contributed by atoms with E-state index in [0.717, 1.165) is 56.0 Å². The molecule has 8 nitrogen and oxygen atoms in total. The Kier molecular flexibility index (Phi) is 7.56. The van der Waals surface area contributed by atoms with E-state index in [-0.39, 0.29) is 17.9 Å². The van der Waals surface area contributed by atoms with Crippen molar-refractivity contribution < 1.29 is 31.1 Å². The van der Waals surface area contributed by atoms with Crippen LogP contribution in [0.3, 0.4) is 0 Å². The van der Waals surface area contributed by atoms with E-state index >= 15 is 0 Å². The number of sulfonamides is 1. The molecular weight excluding hydrogens is 449 g/mol. The molecule has 3 rings (SSSR count). The van der Waals surface area contributed by atoms with Crippen molar-refractivity contribution in [1.29, 1.82) is 0 Å². The fraction of sp³-hybridized carbons (Fsp3) is 0.400. The average Bonchev–Trinajstić information content (AvgIpc) is 2.74. The average molecular weight is 472 g/mol. The van der Waals surface area contributed by atoms with Gasteiger partial charge < -0.3 is 15.0 Å². The van der Waals surface area contributed by atoms with E-state index in [1.165, 1.54) is 6.42 Å². The summed E-state index contributed by atoms with van der Waals surface area (Å²) in [5.41, 5.74) is 0.499. The van der Waals surface area contributed by atoms with Gasteiger partial charge in [-0.05, 0) is 55.7 Å². The first kappa shape index (κ1) is 23.8. The lowest BCUT2D eigenvalue weighted by Gasteiger charge is -2.27. The van der Waals surface area contributed by atoms with Crippen molar-refractivity contribution in [2.45, 2.75) is 36.9 Å². The quantitative estimate of drug-likeness (QED) is 0.612. The number of aromatic nitrogens is 1. The largest absolute Gasteiger partial charge is 0.573 e. The lowest BCUT2D eigenvalue weighted by Crippen LogP contribution is -2.30. The van der Waals surface area contributed by atoms with Crippen molar-refractivity contribution in [3.8, 4) is 5.75 Å². The van der Waals surface area contributed by atoms with E-state index in [1.54, 1.807) is 12.3 Å². The monoisotopic (exact) mass is 472 g/mol. The summed E-state index contributed by atoms with van der Waals surface area (Å²) in [7, 11) is -3.99. The summed E-state index contributed by atoms with van der Waals surface area (Å²) in [4.78, 5) is 18.4. The van der Waals surface area contributed by atoms with Gasteiger partial charge in [0.05, 0.1) is 16.8 Å². The molecule has 0 aliphatic carbocycles. The second kappa shape index (κ2) is 10.2. The Bertz CT molecular complexity index is 1010. The minimum atomic E-state index is -4.87. The maximum Gasteiger partial charge on any atom is 0.573 e. The number of benzene rings is 1. The second-order valence-electron chi connectivity index (χ2n) is 7.17. The third-order valence-electron chi connectivity index (χ3n) is 4.72. The predicted octanol–water partition coefficient (Wildman–Crippen LogP) is 3.28. The SMILES string of the molecule is O=C(CCNS(=O)(=O)c1ccc(OC(F)(F)F)cc1)Nc1ccc(N2CCCCC2)nc1. The molecule has 1 saturated heterocycles. The number of halogens is 3. The summed E-state index contributed by atoms with van der Waals surface area (Å²) in [6, 6.07) is 7.34. The lowest BCUT2D eigenvalue weighted by atomic mass is 10.1. The summed E-state index contributed by atoms with van der Waals surface area (Å²) >= 11 is 0. The summed E-state index contributed by atoms with van der Waals surface area (Å²) in [6.07, 6.45) is 0.0175. The molecule has 1 aliphatic heterocycles. The Labute approximate surface area is 183 Å². The van der Waals surface area contributed by atoms with Crippen LogP contribution in [0.1, 0.15) is 25.7 Å². The van der Waals surface area contributed by atoms with Gasteiger partial charge in [0.1, 0.15) is 11.6 Å². The molecular formula is C20H23F3N4O4S. The van der Waals surface area contributed by atoms with Gasteiger partial charge in [0.2, 0.25) is 15.9 Å². The van der Waals surface area contributed by atoms with Crippen LogP contribution >= 0.6 is 0 Å². The number of rotatable bonds is 8. The number of alkyl halides is 3. The van der Waals surface area contributed by atoms with Crippen molar-refractivity contribution in [2.24, 2.45) is 0 Å². The second-order valence-corrected chi connectivity index (χ2v) is 8.93. The first-order valence-corrected chi connectivity index (χ1v) is 11.5. The number of pyridine rings is 1. The number of carbonyl (C=O) groups excluding carboxylic acids is 1. The highest BCUT2D eigenvalue weighted by Crippen LogP contribution is 2.24. The Hall–Kier alpha value is -2.86. The first-order valence-electron chi connectivity index (χ1n) is 9.99. The molecule has 0 saturated carbocycles. The van der Waals surface area contributed by atoms with Crippen LogP contribution < -0.4 is 19.7 Å². The van der Waals surface area contributed by atoms with E-state index < -0.39 is 28.0 Å². The number of piperidine rings is 1. The van der Waals surface area contributed by atoms with Gasteiger partial charge in [-0.2, -0.15) is 0 Å². The van der Waals surface area contributed by atoms with E-state index in [1.807, 2.05) is 6.07 Å². The van der Waals surface area contributed by atoms with Gasteiger partial charge in [-0.15, -0.1) is 13.2 Å². The molecule has 12 heteroatoms.